The summed E-state index contributed by atoms with van der Waals surface area (Å²) in [6, 6.07) is 1.10. The van der Waals surface area contributed by atoms with Crippen molar-refractivity contribution in [3.63, 3.8) is 0 Å². The number of hydrogen-bond acceptors (Lipinski definition) is 4. The Hall–Kier alpha value is -0.450. The SMILES string of the molecule is CCCN(CC1CCCCN1)C(C)c1nc(C)sc1C. The van der Waals surface area contributed by atoms with E-state index in [4.69, 9.17) is 4.98 Å². The highest BCUT2D eigenvalue weighted by molar-refractivity contribution is 7.11. The van der Waals surface area contributed by atoms with Crippen LogP contribution in [-0.4, -0.2) is 35.6 Å². The van der Waals surface area contributed by atoms with Crippen molar-refractivity contribution in [1.82, 2.24) is 15.2 Å². The molecule has 2 rings (SSSR count). The first-order valence-corrected chi connectivity index (χ1v) is 8.84. The van der Waals surface area contributed by atoms with E-state index in [0.29, 0.717) is 12.1 Å². The molecule has 0 saturated carbocycles. The van der Waals surface area contributed by atoms with Gasteiger partial charge in [0.1, 0.15) is 0 Å². The van der Waals surface area contributed by atoms with Gasteiger partial charge in [0.2, 0.25) is 0 Å². The van der Waals surface area contributed by atoms with Crippen LogP contribution >= 0.6 is 11.3 Å². The second-order valence-corrected chi connectivity index (χ2v) is 7.40. The number of aryl methyl sites for hydroxylation is 2. The van der Waals surface area contributed by atoms with Gasteiger partial charge in [0.15, 0.2) is 0 Å². The standard InChI is InChI=1S/C16H29N3S/c1-5-10-19(11-15-8-6-7-9-17-15)12(2)16-13(3)20-14(4)18-16/h12,15,17H,5-11H2,1-4H3. The van der Waals surface area contributed by atoms with Crippen LogP contribution < -0.4 is 5.32 Å². The van der Waals surface area contributed by atoms with Crippen molar-refractivity contribution in [2.45, 2.75) is 65.5 Å². The van der Waals surface area contributed by atoms with E-state index >= 15 is 0 Å². The fourth-order valence-electron chi connectivity index (χ4n) is 3.20. The third-order valence-corrected chi connectivity index (χ3v) is 5.16. The molecule has 1 aromatic rings. The van der Waals surface area contributed by atoms with Gasteiger partial charge in [0.05, 0.1) is 16.7 Å². The number of thiazole rings is 1. The lowest BCUT2D eigenvalue weighted by Crippen LogP contribution is -2.44. The monoisotopic (exact) mass is 295 g/mol. The summed E-state index contributed by atoms with van der Waals surface area (Å²) in [5, 5.41) is 4.87. The normalized spacial score (nSPS) is 21.4. The van der Waals surface area contributed by atoms with Gasteiger partial charge in [-0.1, -0.05) is 13.3 Å². The minimum absolute atomic E-state index is 0.434. The van der Waals surface area contributed by atoms with Crippen LogP contribution in [0.2, 0.25) is 0 Å². The molecule has 20 heavy (non-hydrogen) atoms. The predicted octanol–water partition coefficient (Wildman–Crippen LogP) is 3.68. The Kier molecular flexibility index (Phi) is 6.00. The topological polar surface area (TPSA) is 28.2 Å². The Bertz CT molecular complexity index is 410. The first kappa shape index (κ1) is 15.9. The number of piperidine rings is 1. The maximum atomic E-state index is 4.76. The van der Waals surface area contributed by atoms with Gasteiger partial charge in [0, 0.05) is 17.5 Å². The van der Waals surface area contributed by atoms with Gasteiger partial charge in [-0.25, -0.2) is 4.98 Å². The zero-order valence-corrected chi connectivity index (χ0v) is 14.2. The lowest BCUT2D eigenvalue weighted by Gasteiger charge is -2.34. The average molecular weight is 295 g/mol. The van der Waals surface area contributed by atoms with Crippen molar-refractivity contribution in [1.29, 1.82) is 0 Å². The molecule has 1 fully saturated rings. The van der Waals surface area contributed by atoms with Crippen LogP contribution in [0.25, 0.3) is 0 Å². The number of hydrogen-bond donors (Lipinski definition) is 1. The van der Waals surface area contributed by atoms with Crippen molar-refractivity contribution in [3.05, 3.63) is 15.6 Å². The molecule has 1 aliphatic heterocycles. The van der Waals surface area contributed by atoms with Crippen LogP contribution in [0.4, 0.5) is 0 Å². The number of nitrogens with one attached hydrogen (secondary N) is 1. The first-order valence-electron chi connectivity index (χ1n) is 8.03. The fourth-order valence-corrected chi connectivity index (χ4v) is 4.11. The summed E-state index contributed by atoms with van der Waals surface area (Å²) in [6.45, 7) is 12.4. The summed E-state index contributed by atoms with van der Waals surface area (Å²) in [7, 11) is 0. The molecule has 1 aromatic heterocycles. The Labute approximate surface area is 127 Å². The highest BCUT2D eigenvalue weighted by Gasteiger charge is 2.23. The van der Waals surface area contributed by atoms with Crippen molar-refractivity contribution in [2.75, 3.05) is 19.6 Å². The van der Waals surface area contributed by atoms with E-state index in [9.17, 15) is 0 Å². The smallest absolute Gasteiger partial charge is 0.0900 e. The highest BCUT2D eigenvalue weighted by atomic mass is 32.1. The summed E-state index contributed by atoms with van der Waals surface area (Å²) in [4.78, 5) is 8.76. The molecule has 0 aliphatic carbocycles. The average Bonchev–Trinajstić information content (AvgIpc) is 2.77. The van der Waals surface area contributed by atoms with Gasteiger partial charge >= 0.3 is 0 Å². The quantitative estimate of drug-likeness (QED) is 0.868. The molecule has 2 heterocycles. The zero-order chi connectivity index (χ0) is 14.5. The maximum Gasteiger partial charge on any atom is 0.0900 e. The lowest BCUT2D eigenvalue weighted by atomic mass is 10.0. The minimum atomic E-state index is 0.434. The summed E-state index contributed by atoms with van der Waals surface area (Å²) < 4.78 is 0. The summed E-state index contributed by atoms with van der Waals surface area (Å²) in [5.74, 6) is 0. The summed E-state index contributed by atoms with van der Waals surface area (Å²) in [6.07, 6.45) is 5.24. The molecule has 3 nitrogen and oxygen atoms in total. The van der Waals surface area contributed by atoms with E-state index in [-0.39, 0.29) is 0 Å². The molecule has 0 spiro atoms. The fraction of sp³-hybridized carbons (Fsp3) is 0.812. The molecular weight excluding hydrogens is 266 g/mol. The van der Waals surface area contributed by atoms with Crippen LogP contribution in [0, 0.1) is 13.8 Å². The number of aromatic nitrogens is 1. The molecule has 0 aromatic carbocycles. The van der Waals surface area contributed by atoms with Gasteiger partial charge in [-0.3, -0.25) is 4.90 Å². The van der Waals surface area contributed by atoms with E-state index in [0.717, 1.165) is 13.1 Å². The summed E-state index contributed by atoms with van der Waals surface area (Å²) >= 11 is 1.83. The van der Waals surface area contributed by atoms with Crippen molar-refractivity contribution < 1.29 is 0 Å². The van der Waals surface area contributed by atoms with Crippen LogP contribution in [-0.2, 0) is 0 Å². The number of rotatable bonds is 6. The van der Waals surface area contributed by atoms with E-state index in [1.807, 2.05) is 11.3 Å². The molecule has 1 aliphatic rings. The second-order valence-electron chi connectivity index (χ2n) is 5.99. The van der Waals surface area contributed by atoms with E-state index in [1.54, 1.807) is 0 Å². The van der Waals surface area contributed by atoms with Crippen LogP contribution in [0.5, 0.6) is 0 Å². The molecule has 0 bridgehead atoms. The van der Waals surface area contributed by atoms with Gasteiger partial charge in [0.25, 0.3) is 0 Å². The van der Waals surface area contributed by atoms with Gasteiger partial charge in [-0.15, -0.1) is 11.3 Å². The second kappa shape index (κ2) is 7.53. The molecule has 2 atom stereocenters. The Morgan fingerprint density at radius 2 is 2.20 bits per heavy atom. The largest absolute Gasteiger partial charge is 0.313 e. The third kappa shape index (κ3) is 4.03. The zero-order valence-electron chi connectivity index (χ0n) is 13.4. The Morgan fingerprint density at radius 1 is 1.40 bits per heavy atom. The number of nitrogens with zero attached hydrogens (tertiary/aromatic N) is 2. The minimum Gasteiger partial charge on any atom is -0.313 e. The first-order chi connectivity index (χ1) is 9.61. The van der Waals surface area contributed by atoms with E-state index in [2.05, 4.69) is 37.9 Å². The molecule has 0 radical (unpaired) electrons. The van der Waals surface area contributed by atoms with Gasteiger partial charge in [-0.05, 0) is 53.1 Å². The predicted molar refractivity (Wildman–Crippen MR) is 87.5 cm³/mol. The van der Waals surface area contributed by atoms with Crippen LogP contribution in [0.1, 0.15) is 61.2 Å². The molecule has 114 valence electrons. The van der Waals surface area contributed by atoms with E-state index < -0.39 is 0 Å². The molecular formula is C16H29N3S. The Balaban J connectivity index is 2.04. The van der Waals surface area contributed by atoms with Gasteiger partial charge in [-0.2, -0.15) is 0 Å². The Morgan fingerprint density at radius 3 is 2.75 bits per heavy atom. The lowest BCUT2D eigenvalue weighted by molar-refractivity contribution is 0.173. The molecule has 1 saturated heterocycles. The molecule has 2 unspecified atom stereocenters. The highest BCUT2D eigenvalue weighted by Crippen LogP contribution is 2.27. The van der Waals surface area contributed by atoms with Crippen molar-refractivity contribution in [2.24, 2.45) is 0 Å². The molecule has 0 amide bonds. The van der Waals surface area contributed by atoms with Crippen LogP contribution in [0.3, 0.4) is 0 Å². The third-order valence-electron chi connectivity index (χ3n) is 4.26. The van der Waals surface area contributed by atoms with E-state index in [1.165, 1.54) is 47.8 Å². The maximum absolute atomic E-state index is 4.76. The van der Waals surface area contributed by atoms with Crippen molar-refractivity contribution in [3.8, 4) is 0 Å². The summed E-state index contributed by atoms with van der Waals surface area (Å²) in [5.41, 5.74) is 1.29. The van der Waals surface area contributed by atoms with Crippen molar-refractivity contribution >= 4 is 11.3 Å². The van der Waals surface area contributed by atoms with Crippen LogP contribution in [0.15, 0.2) is 0 Å². The molecule has 1 N–H and O–H groups in total. The van der Waals surface area contributed by atoms with Gasteiger partial charge < -0.3 is 5.32 Å². The molecule has 4 heteroatoms.